The molecule has 0 saturated heterocycles. The number of rotatable bonds is 3. The van der Waals surface area contributed by atoms with Crippen molar-refractivity contribution in [3.63, 3.8) is 0 Å². The Labute approximate surface area is 136 Å². The monoisotopic (exact) mass is 306 g/mol. The molecule has 0 aromatic heterocycles. The van der Waals surface area contributed by atoms with Gasteiger partial charge in [-0.05, 0) is 58.3 Å². The van der Waals surface area contributed by atoms with E-state index >= 15 is 0 Å². The largest absolute Gasteiger partial charge is 0.392 e. The lowest BCUT2D eigenvalue weighted by Crippen LogP contribution is -2.57. The van der Waals surface area contributed by atoms with E-state index in [-0.39, 0.29) is 29.0 Å². The molecule has 2 aliphatic carbocycles. The van der Waals surface area contributed by atoms with Crippen LogP contribution >= 0.6 is 0 Å². The number of hydrogen-bond donors (Lipinski definition) is 2. The zero-order chi connectivity index (χ0) is 16.7. The minimum Gasteiger partial charge on any atom is -0.392 e. The fraction of sp³-hybridized carbons (Fsp3) is 0.800. The Hall–Kier alpha value is -0.600. The molecule has 2 rings (SSSR count). The summed E-state index contributed by atoms with van der Waals surface area (Å²) in [6.45, 7) is 13.1. The molecule has 2 aliphatic rings. The molecule has 1 saturated carbocycles. The summed E-state index contributed by atoms with van der Waals surface area (Å²) in [7, 11) is 0. The van der Waals surface area contributed by atoms with Gasteiger partial charge in [-0.15, -0.1) is 0 Å². The molecule has 0 radical (unpaired) electrons. The van der Waals surface area contributed by atoms with Crippen molar-refractivity contribution in [2.75, 3.05) is 0 Å². The molecule has 0 aliphatic heterocycles. The van der Waals surface area contributed by atoms with Gasteiger partial charge in [0.05, 0.1) is 12.2 Å². The molecule has 1 fully saturated rings. The van der Waals surface area contributed by atoms with Gasteiger partial charge in [-0.2, -0.15) is 0 Å². The fourth-order valence-electron chi connectivity index (χ4n) is 5.26. The van der Waals surface area contributed by atoms with Crippen LogP contribution in [0, 0.1) is 16.7 Å². The lowest BCUT2D eigenvalue weighted by Gasteiger charge is -2.59. The predicted molar refractivity (Wildman–Crippen MR) is 92.6 cm³/mol. The lowest BCUT2D eigenvalue weighted by atomic mass is 9.48. The van der Waals surface area contributed by atoms with Gasteiger partial charge in [0.2, 0.25) is 0 Å². The SMILES string of the molecule is CC=C(C)CCC1=C(C)C[C@H](O)[C@H]2C(C)(C)CCC(O)[C@]12C. The minimum atomic E-state index is -0.337. The van der Waals surface area contributed by atoms with Crippen LogP contribution in [0.1, 0.15) is 73.6 Å². The zero-order valence-electron chi connectivity index (χ0n) is 15.2. The quantitative estimate of drug-likeness (QED) is 0.747. The van der Waals surface area contributed by atoms with Crippen LogP contribution in [0.4, 0.5) is 0 Å². The number of aliphatic hydroxyl groups excluding tert-OH is 2. The molecular weight excluding hydrogens is 272 g/mol. The summed E-state index contributed by atoms with van der Waals surface area (Å²) in [5.74, 6) is 0.147. The first-order chi connectivity index (χ1) is 10.1. The van der Waals surface area contributed by atoms with Crippen LogP contribution in [0.5, 0.6) is 0 Å². The lowest BCUT2D eigenvalue weighted by molar-refractivity contribution is -0.133. The second-order valence-corrected chi connectivity index (χ2v) is 8.47. The van der Waals surface area contributed by atoms with Crippen LogP contribution in [-0.2, 0) is 0 Å². The summed E-state index contributed by atoms with van der Waals surface area (Å²) in [6, 6.07) is 0. The van der Waals surface area contributed by atoms with Crippen LogP contribution in [0.2, 0.25) is 0 Å². The molecular formula is C20H34O2. The molecule has 2 N–H and O–H groups in total. The van der Waals surface area contributed by atoms with Crippen molar-refractivity contribution in [1.82, 2.24) is 0 Å². The van der Waals surface area contributed by atoms with E-state index in [1.54, 1.807) is 0 Å². The minimum absolute atomic E-state index is 0.0784. The fourth-order valence-corrected chi connectivity index (χ4v) is 5.26. The van der Waals surface area contributed by atoms with E-state index in [0.717, 1.165) is 32.1 Å². The van der Waals surface area contributed by atoms with E-state index in [1.165, 1.54) is 16.7 Å². The highest BCUT2D eigenvalue weighted by Crippen LogP contribution is 2.60. The molecule has 4 atom stereocenters. The molecule has 1 unspecified atom stereocenters. The summed E-state index contributed by atoms with van der Waals surface area (Å²) < 4.78 is 0. The standard InChI is InChI=1S/C20H34O2/c1-7-13(2)8-9-15-14(3)12-16(21)18-19(4,5)11-10-17(22)20(15,18)6/h7,16-18,21-22H,8-12H2,1-6H3/t16-,17?,18-,20-/m0/s1. The van der Waals surface area contributed by atoms with Crippen LogP contribution in [0.15, 0.2) is 22.8 Å². The molecule has 0 aromatic carbocycles. The van der Waals surface area contributed by atoms with E-state index in [1.807, 2.05) is 0 Å². The third-order valence-corrected chi connectivity index (χ3v) is 6.57. The Bertz CT molecular complexity index is 486. The van der Waals surface area contributed by atoms with Gasteiger partial charge < -0.3 is 10.2 Å². The second-order valence-electron chi connectivity index (χ2n) is 8.47. The van der Waals surface area contributed by atoms with Gasteiger partial charge in [0.1, 0.15) is 0 Å². The highest BCUT2D eigenvalue weighted by atomic mass is 16.3. The third kappa shape index (κ3) is 2.80. The average Bonchev–Trinajstić information content (AvgIpc) is 2.42. The Morgan fingerprint density at radius 2 is 1.91 bits per heavy atom. The Morgan fingerprint density at radius 3 is 2.50 bits per heavy atom. The number of fused-ring (bicyclic) bond motifs is 1. The van der Waals surface area contributed by atoms with Crippen molar-refractivity contribution >= 4 is 0 Å². The maximum absolute atomic E-state index is 10.9. The maximum Gasteiger partial charge on any atom is 0.0635 e. The summed E-state index contributed by atoms with van der Waals surface area (Å²) >= 11 is 0. The molecule has 2 heteroatoms. The Kier molecular flexibility index (Phi) is 4.94. The molecule has 2 nitrogen and oxygen atoms in total. The second kappa shape index (κ2) is 6.13. The number of aliphatic hydroxyl groups is 2. The van der Waals surface area contributed by atoms with Crippen molar-refractivity contribution in [3.8, 4) is 0 Å². The van der Waals surface area contributed by atoms with E-state index in [4.69, 9.17) is 0 Å². The van der Waals surface area contributed by atoms with E-state index in [9.17, 15) is 10.2 Å². The van der Waals surface area contributed by atoms with Crippen molar-refractivity contribution < 1.29 is 10.2 Å². The Balaban J connectivity index is 2.44. The van der Waals surface area contributed by atoms with Gasteiger partial charge in [0.15, 0.2) is 0 Å². The molecule has 0 bridgehead atoms. The van der Waals surface area contributed by atoms with Crippen LogP contribution in [-0.4, -0.2) is 22.4 Å². The summed E-state index contributed by atoms with van der Waals surface area (Å²) in [5.41, 5.74) is 3.90. The Morgan fingerprint density at radius 1 is 1.27 bits per heavy atom. The van der Waals surface area contributed by atoms with E-state index in [0.29, 0.717) is 0 Å². The molecule has 22 heavy (non-hydrogen) atoms. The highest BCUT2D eigenvalue weighted by molar-refractivity contribution is 5.31. The van der Waals surface area contributed by atoms with Crippen molar-refractivity contribution in [2.24, 2.45) is 16.7 Å². The van der Waals surface area contributed by atoms with Gasteiger partial charge in [-0.25, -0.2) is 0 Å². The maximum atomic E-state index is 10.9. The summed E-state index contributed by atoms with van der Waals surface area (Å²) in [4.78, 5) is 0. The normalized spacial score (nSPS) is 38.9. The van der Waals surface area contributed by atoms with Crippen molar-refractivity contribution in [1.29, 1.82) is 0 Å². The molecule has 0 heterocycles. The molecule has 0 aromatic rings. The smallest absolute Gasteiger partial charge is 0.0635 e. The topological polar surface area (TPSA) is 40.5 Å². The average molecular weight is 306 g/mol. The van der Waals surface area contributed by atoms with Crippen LogP contribution in [0.3, 0.4) is 0 Å². The summed E-state index contributed by atoms with van der Waals surface area (Å²) in [5, 5.41) is 21.6. The van der Waals surface area contributed by atoms with E-state index < -0.39 is 0 Å². The van der Waals surface area contributed by atoms with Crippen molar-refractivity contribution in [3.05, 3.63) is 22.8 Å². The van der Waals surface area contributed by atoms with Gasteiger partial charge in [-0.1, -0.05) is 43.6 Å². The predicted octanol–water partition coefficient (Wildman–Crippen LogP) is 4.62. The zero-order valence-corrected chi connectivity index (χ0v) is 15.2. The van der Waals surface area contributed by atoms with Gasteiger partial charge in [0.25, 0.3) is 0 Å². The van der Waals surface area contributed by atoms with Gasteiger partial charge in [0, 0.05) is 11.3 Å². The highest BCUT2D eigenvalue weighted by Gasteiger charge is 2.57. The third-order valence-electron chi connectivity index (χ3n) is 6.57. The first kappa shape index (κ1) is 17.7. The molecule has 0 spiro atoms. The summed E-state index contributed by atoms with van der Waals surface area (Å²) in [6.07, 6.45) is 6.16. The first-order valence-electron chi connectivity index (χ1n) is 8.81. The van der Waals surface area contributed by atoms with Gasteiger partial charge >= 0.3 is 0 Å². The first-order valence-corrected chi connectivity index (χ1v) is 8.81. The van der Waals surface area contributed by atoms with Crippen LogP contribution in [0.25, 0.3) is 0 Å². The molecule has 126 valence electrons. The number of hydrogen-bond acceptors (Lipinski definition) is 2. The van der Waals surface area contributed by atoms with Gasteiger partial charge in [-0.3, -0.25) is 0 Å². The number of allylic oxidation sites excluding steroid dienone is 2. The molecule has 0 amide bonds. The van der Waals surface area contributed by atoms with Crippen LogP contribution < -0.4 is 0 Å². The van der Waals surface area contributed by atoms with E-state index in [2.05, 4.69) is 47.6 Å². The van der Waals surface area contributed by atoms with Crippen molar-refractivity contribution in [2.45, 2.75) is 85.9 Å².